The van der Waals surface area contributed by atoms with Gasteiger partial charge in [0.15, 0.2) is 11.6 Å². The number of carbonyl (C=O) groups excluding carboxylic acids is 1. The molecular weight excluding hydrogens is 543 g/mol. The first kappa shape index (κ1) is 29.6. The number of halogens is 3. The highest BCUT2D eigenvalue weighted by Crippen LogP contribution is 2.41. The van der Waals surface area contributed by atoms with E-state index in [1.54, 1.807) is 25.7 Å². The molecule has 1 aromatic rings. The van der Waals surface area contributed by atoms with Gasteiger partial charge in [-0.25, -0.2) is 21.6 Å². The highest BCUT2D eigenvalue weighted by atomic mass is 32.2. The molecule has 4 rings (SSSR count). The summed E-state index contributed by atoms with van der Waals surface area (Å²) in [6, 6.07) is 0.430. The van der Waals surface area contributed by atoms with E-state index in [4.69, 9.17) is 4.74 Å². The summed E-state index contributed by atoms with van der Waals surface area (Å²) in [6.07, 6.45) is 2.42. The number of morpholine rings is 1. The van der Waals surface area contributed by atoms with Crippen molar-refractivity contribution in [3.8, 4) is 0 Å². The maximum Gasteiger partial charge on any atom is 0.239 e. The first-order valence-electron chi connectivity index (χ1n) is 12.9. The van der Waals surface area contributed by atoms with Gasteiger partial charge in [0.2, 0.25) is 15.9 Å². The number of nitrogens with zero attached hydrogens (tertiary/aromatic N) is 2. The molecule has 0 saturated carbocycles. The number of carbonyl (C=O) groups is 1. The third-order valence-corrected chi connectivity index (χ3v) is 11.0. The molecule has 38 heavy (non-hydrogen) atoms. The van der Waals surface area contributed by atoms with Crippen molar-refractivity contribution < 1.29 is 35.7 Å². The second-order valence-corrected chi connectivity index (χ2v) is 15.3. The van der Waals surface area contributed by atoms with Crippen molar-refractivity contribution in [2.24, 2.45) is 5.92 Å². The minimum atomic E-state index is -3.76. The van der Waals surface area contributed by atoms with Crippen LogP contribution in [0.1, 0.15) is 52.0 Å². The van der Waals surface area contributed by atoms with Crippen LogP contribution in [-0.4, -0.2) is 83.0 Å². The van der Waals surface area contributed by atoms with Gasteiger partial charge in [-0.05, 0) is 70.4 Å². The van der Waals surface area contributed by atoms with Gasteiger partial charge in [0.1, 0.15) is 16.3 Å². The van der Waals surface area contributed by atoms with Crippen LogP contribution in [-0.2, 0) is 37.3 Å². The van der Waals surface area contributed by atoms with Gasteiger partial charge in [0.25, 0.3) is 0 Å². The Morgan fingerprint density at radius 3 is 2.26 bits per heavy atom. The van der Waals surface area contributed by atoms with Gasteiger partial charge in [-0.2, -0.15) is 4.31 Å². The number of piperidine rings is 1. The molecule has 214 valence electrons. The van der Waals surface area contributed by atoms with Crippen molar-refractivity contribution >= 4 is 27.3 Å². The van der Waals surface area contributed by atoms with Crippen LogP contribution < -0.4 is 4.72 Å². The lowest BCUT2D eigenvalue weighted by Crippen LogP contribution is -2.55. The van der Waals surface area contributed by atoms with E-state index in [9.17, 15) is 30.9 Å². The van der Waals surface area contributed by atoms with Gasteiger partial charge in [-0.1, -0.05) is 0 Å². The van der Waals surface area contributed by atoms with Crippen molar-refractivity contribution in [3.05, 3.63) is 35.1 Å². The molecule has 0 unspecified atom stereocenters. The van der Waals surface area contributed by atoms with Crippen molar-refractivity contribution in [1.29, 1.82) is 0 Å². The van der Waals surface area contributed by atoms with E-state index in [1.807, 2.05) is 0 Å². The van der Waals surface area contributed by atoms with Crippen molar-refractivity contribution in [2.45, 2.75) is 75.7 Å². The lowest BCUT2D eigenvalue weighted by atomic mass is 9.82. The van der Waals surface area contributed by atoms with Crippen molar-refractivity contribution in [1.82, 2.24) is 13.9 Å². The Morgan fingerprint density at radius 1 is 1.11 bits per heavy atom. The summed E-state index contributed by atoms with van der Waals surface area (Å²) in [7, 11) is -3.76. The van der Waals surface area contributed by atoms with Gasteiger partial charge in [-0.3, -0.25) is 4.79 Å². The fraction of sp³-hybridized carbons (Fsp3) is 0.720. The monoisotopic (exact) mass is 579 g/mol. The van der Waals surface area contributed by atoms with Crippen LogP contribution in [0.25, 0.3) is 0 Å². The Labute approximate surface area is 225 Å². The molecule has 2 bridgehead atoms. The molecule has 0 aliphatic carbocycles. The van der Waals surface area contributed by atoms with Crippen LogP contribution in [0.2, 0.25) is 0 Å². The van der Waals surface area contributed by atoms with Gasteiger partial charge >= 0.3 is 0 Å². The summed E-state index contributed by atoms with van der Waals surface area (Å²) in [5, 5.41) is 0. The summed E-state index contributed by atoms with van der Waals surface area (Å²) < 4.78 is 89.6. The van der Waals surface area contributed by atoms with Crippen LogP contribution in [0.5, 0.6) is 0 Å². The minimum absolute atomic E-state index is 0.00564. The van der Waals surface area contributed by atoms with Crippen LogP contribution in [0.15, 0.2) is 12.1 Å². The lowest BCUT2D eigenvalue weighted by molar-refractivity contribution is -0.133. The first-order valence-corrected chi connectivity index (χ1v) is 15.7. The summed E-state index contributed by atoms with van der Waals surface area (Å²) in [4.78, 5) is 14.9. The number of sulfonamides is 1. The predicted octanol–water partition coefficient (Wildman–Crippen LogP) is 2.50. The third kappa shape index (κ3) is 6.67. The van der Waals surface area contributed by atoms with Crippen molar-refractivity contribution in [3.63, 3.8) is 0 Å². The molecule has 3 aliphatic rings. The smallest absolute Gasteiger partial charge is 0.239 e. The molecule has 0 spiro atoms. The average molecular weight is 580 g/mol. The summed E-state index contributed by atoms with van der Waals surface area (Å²) >= 11 is -1.51. The standard InChI is InChI=1S/C25H36F3N3O5S2/c1-25(2,3)37(33)29-23(13-16-12-21(27)22(28)14-20(16)26)17-10-18-4-5-19(11-17)31(18)24(32)15-38(34,35)30-6-8-36-9-7-30/h12,14,17-19,23,29H,4-11,13,15H2,1-3H3/t17-,18-,19+,23-,37+/m1/s1. The van der Waals surface area contributed by atoms with E-state index in [1.165, 1.54) is 4.31 Å². The largest absolute Gasteiger partial charge is 0.598 e. The van der Waals surface area contributed by atoms with E-state index in [0.717, 1.165) is 6.07 Å². The van der Waals surface area contributed by atoms with E-state index in [2.05, 4.69) is 4.72 Å². The van der Waals surface area contributed by atoms with Crippen LogP contribution in [0.3, 0.4) is 0 Å². The number of hydrogen-bond acceptors (Lipinski definition) is 6. The quantitative estimate of drug-likeness (QED) is 0.375. The van der Waals surface area contributed by atoms with Gasteiger partial charge in [0, 0.05) is 42.6 Å². The molecular formula is C25H36F3N3O5S2. The molecule has 5 atom stereocenters. The maximum absolute atomic E-state index is 14.5. The van der Waals surface area contributed by atoms with E-state index in [-0.39, 0.29) is 43.1 Å². The van der Waals surface area contributed by atoms with Gasteiger partial charge in [-0.15, -0.1) is 4.72 Å². The van der Waals surface area contributed by atoms with E-state index >= 15 is 0 Å². The Morgan fingerprint density at radius 2 is 1.68 bits per heavy atom. The predicted molar refractivity (Wildman–Crippen MR) is 137 cm³/mol. The maximum atomic E-state index is 14.5. The van der Waals surface area contributed by atoms with Gasteiger partial charge < -0.3 is 14.2 Å². The normalized spacial score (nSPS) is 26.4. The highest BCUT2D eigenvalue weighted by molar-refractivity contribution is 7.90. The molecule has 1 amide bonds. The van der Waals surface area contributed by atoms with Gasteiger partial charge in [0.05, 0.1) is 19.3 Å². The Bertz CT molecular complexity index is 1110. The number of amides is 1. The SMILES string of the molecule is CC(C)(C)[S@+]([O-])N[C@H](Cc1cc(F)c(F)cc1F)[C@@H]1C[C@H]2CC[C@@H](C1)N2C(=O)CS(=O)(=O)N1CCOCC1. The average Bonchev–Trinajstić information content (AvgIpc) is 3.11. The molecule has 3 heterocycles. The number of ether oxygens (including phenoxy) is 1. The number of fused-ring (bicyclic) bond motifs is 2. The van der Waals surface area contributed by atoms with Crippen molar-refractivity contribution in [2.75, 3.05) is 32.1 Å². The molecule has 3 fully saturated rings. The zero-order chi connectivity index (χ0) is 27.8. The fourth-order valence-corrected chi connectivity index (χ4v) is 7.93. The second-order valence-electron chi connectivity index (χ2n) is 11.4. The third-order valence-electron chi connectivity index (χ3n) is 7.64. The first-order chi connectivity index (χ1) is 17.8. The Kier molecular flexibility index (Phi) is 9.05. The Hall–Kier alpha value is -1.38. The molecule has 0 radical (unpaired) electrons. The Balaban J connectivity index is 1.50. The van der Waals surface area contributed by atoms with E-state index in [0.29, 0.717) is 45.0 Å². The minimum Gasteiger partial charge on any atom is -0.598 e. The zero-order valence-corrected chi connectivity index (χ0v) is 23.6. The molecule has 3 saturated heterocycles. The molecule has 1 N–H and O–H groups in total. The topological polar surface area (TPSA) is 102 Å². The second kappa shape index (κ2) is 11.6. The molecule has 8 nitrogen and oxygen atoms in total. The number of rotatable bonds is 8. The van der Waals surface area contributed by atoms with Crippen LogP contribution in [0, 0.1) is 23.4 Å². The number of nitrogens with one attached hydrogen (secondary N) is 1. The summed E-state index contributed by atoms with van der Waals surface area (Å²) in [6.45, 7) is 6.44. The molecule has 13 heteroatoms. The van der Waals surface area contributed by atoms with Crippen LogP contribution >= 0.6 is 0 Å². The number of hydrogen-bond donors (Lipinski definition) is 1. The summed E-state index contributed by atoms with van der Waals surface area (Å²) in [5.41, 5.74) is -0.0187. The number of benzene rings is 1. The molecule has 1 aromatic carbocycles. The summed E-state index contributed by atoms with van der Waals surface area (Å²) in [5.74, 6) is -4.46. The molecule has 3 aliphatic heterocycles. The molecule has 0 aromatic heterocycles. The fourth-order valence-electron chi connectivity index (χ4n) is 5.68. The lowest BCUT2D eigenvalue weighted by Gasteiger charge is -2.42. The zero-order valence-electron chi connectivity index (χ0n) is 21.9. The highest BCUT2D eigenvalue weighted by Gasteiger charge is 2.47. The van der Waals surface area contributed by atoms with Crippen LogP contribution in [0.4, 0.5) is 13.2 Å². The van der Waals surface area contributed by atoms with E-state index < -0.39 is 61.3 Å².